The van der Waals surface area contributed by atoms with Gasteiger partial charge in [-0.15, -0.1) is 0 Å². The van der Waals surface area contributed by atoms with Crippen LogP contribution in [0.1, 0.15) is 22.3 Å². The van der Waals surface area contributed by atoms with Gasteiger partial charge >= 0.3 is 0 Å². The van der Waals surface area contributed by atoms with E-state index in [9.17, 15) is 10.5 Å². The third-order valence-corrected chi connectivity index (χ3v) is 4.62. The van der Waals surface area contributed by atoms with Crippen molar-refractivity contribution < 1.29 is 0 Å². The van der Waals surface area contributed by atoms with Crippen LogP contribution in [0.4, 0.5) is 5.69 Å². The van der Waals surface area contributed by atoms with Gasteiger partial charge in [0.1, 0.15) is 12.1 Å². The molecule has 3 rings (SSSR count). The van der Waals surface area contributed by atoms with Gasteiger partial charge in [-0.1, -0.05) is 30.3 Å². The Kier molecular flexibility index (Phi) is 4.79. The van der Waals surface area contributed by atoms with Crippen LogP contribution >= 0.6 is 0 Å². The van der Waals surface area contributed by atoms with Gasteiger partial charge in [0.25, 0.3) is 0 Å². The molecule has 1 saturated heterocycles. The summed E-state index contributed by atoms with van der Waals surface area (Å²) < 4.78 is 0. The van der Waals surface area contributed by atoms with E-state index in [0.29, 0.717) is 11.1 Å². The molecule has 0 aromatic heterocycles. The van der Waals surface area contributed by atoms with E-state index in [1.807, 2.05) is 0 Å². The molecule has 0 spiro atoms. The molecule has 1 fully saturated rings. The molecular formula is C20H20N4. The van der Waals surface area contributed by atoms with Crippen LogP contribution in [0.15, 0.2) is 42.5 Å². The number of rotatable bonds is 3. The van der Waals surface area contributed by atoms with E-state index in [0.717, 1.165) is 38.4 Å². The fourth-order valence-corrected chi connectivity index (χ4v) is 3.22. The maximum absolute atomic E-state index is 9.35. The van der Waals surface area contributed by atoms with Gasteiger partial charge in [0.15, 0.2) is 0 Å². The molecule has 0 atom stereocenters. The average molecular weight is 316 g/mol. The van der Waals surface area contributed by atoms with E-state index in [1.54, 1.807) is 18.2 Å². The Labute approximate surface area is 143 Å². The van der Waals surface area contributed by atoms with E-state index in [2.05, 4.69) is 53.1 Å². The normalized spacial score (nSPS) is 14.9. The van der Waals surface area contributed by atoms with Crippen molar-refractivity contribution in [2.75, 3.05) is 31.1 Å². The topological polar surface area (TPSA) is 54.1 Å². The summed E-state index contributed by atoms with van der Waals surface area (Å²) >= 11 is 0. The number of benzene rings is 2. The number of para-hydroxylation sites is 1. The summed E-state index contributed by atoms with van der Waals surface area (Å²) in [4.78, 5) is 4.60. The SMILES string of the molecule is Cc1ccccc1CN1CCN(c2c(C#N)cccc2C#N)CC1. The second-order valence-electron chi connectivity index (χ2n) is 6.12. The number of hydrogen-bond acceptors (Lipinski definition) is 4. The van der Waals surface area contributed by atoms with Crippen molar-refractivity contribution in [3.05, 3.63) is 64.7 Å². The third-order valence-electron chi connectivity index (χ3n) is 4.62. The minimum atomic E-state index is 0.585. The molecular weight excluding hydrogens is 296 g/mol. The number of nitriles is 2. The van der Waals surface area contributed by atoms with Gasteiger partial charge in [-0.25, -0.2) is 0 Å². The highest BCUT2D eigenvalue weighted by Gasteiger charge is 2.22. The molecule has 1 aliphatic heterocycles. The van der Waals surface area contributed by atoms with Crippen LogP contribution in [0.5, 0.6) is 0 Å². The molecule has 24 heavy (non-hydrogen) atoms. The number of aryl methyl sites for hydroxylation is 1. The summed E-state index contributed by atoms with van der Waals surface area (Å²) in [6, 6.07) is 18.3. The molecule has 0 saturated carbocycles. The van der Waals surface area contributed by atoms with Gasteiger partial charge in [0.2, 0.25) is 0 Å². The third kappa shape index (κ3) is 3.25. The molecule has 0 N–H and O–H groups in total. The quantitative estimate of drug-likeness (QED) is 0.873. The summed E-state index contributed by atoms with van der Waals surface area (Å²) in [5, 5.41) is 18.7. The van der Waals surface area contributed by atoms with Crippen LogP contribution in [0.25, 0.3) is 0 Å². The first-order chi connectivity index (χ1) is 11.7. The molecule has 0 aliphatic carbocycles. The van der Waals surface area contributed by atoms with Gasteiger partial charge < -0.3 is 4.90 Å². The van der Waals surface area contributed by atoms with Gasteiger partial charge in [-0.2, -0.15) is 10.5 Å². The van der Waals surface area contributed by atoms with Crippen LogP contribution in [0.2, 0.25) is 0 Å². The van der Waals surface area contributed by atoms with Crippen molar-refractivity contribution in [2.24, 2.45) is 0 Å². The zero-order valence-corrected chi connectivity index (χ0v) is 13.9. The lowest BCUT2D eigenvalue weighted by molar-refractivity contribution is 0.249. The molecule has 1 aliphatic rings. The maximum atomic E-state index is 9.35. The molecule has 0 unspecified atom stereocenters. The highest BCUT2D eigenvalue weighted by Crippen LogP contribution is 2.26. The maximum Gasteiger partial charge on any atom is 0.101 e. The number of hydrogen-bond donors (Lipinski definition) is 0. The second-order valence-corrected chi connectivity index (χ2v) is 6.12. The van der Waals surface area contributed by atoms with E-state index < -0.39 is 0 Å². The molecule has 0 bridgehead atoms. The van der Waals surface area contributed by atoms with Gasteiger partial charge in [0.05, 0.1) is 16.8 Å². The van der Waals surface area contributed by atoms with Gasteiger partial charge in [-0.3, -0.25) is 4.90 Å². The standard InChI is InChI=1S/C20H20N4/c1-16-5-2-3-6-19(16)15-23-9-11-24(12-10-23)20-17(13-21)7-4-8-18(20)14-22/h2-8H,9-12,15H2,1H3. The molecule has 2 aromatic rings. The summed E-state index contributed by atoms with van der Waals surface area (Å²) in [7, 11) is 0. The number of nitrogens with zero attached hydrogens (tertiary/aromatic N) is 4. The zero-order chi connectivity index (χ0) is 16.9. The Morgan fingerprint density at radius 3 is 2.08 bits per heavy atom. The van der Waals surface area contributed by atoms with Crippen molar-refractivity contribution in [1.82, 2.24) is 4.90 Å². The molecule has 1 heterocycles. The second kappa shape index (κ2) is 7.17. The first kappa shape index (κ1) is 16.1. The lowest BCUT2D eigenvalue weighted by atomic mass is 10.1. The summed E-state index contributed by atoms with van der Waals surface area (Å²) in [5.41, 5.74) is 4.64. The Hall–Kier alpha value is -2.82. The van der Waals surface area contributed by atoms with Crippen molar-refractivity contribution >= 4 is 5.69 Å². The highest BCUT2D eigenvalue weighted by molar-refractivity contribution is 5.68. The summed E-state index contributed by atoms with van der Waals surface area (Å²) in [5.74, 6) is 0. The molecule has 4 heteroatoms. The van der Waals surface area contributed by atoms with Crippen LogP contribution < -0.4 is 4.90 Å². The smallest absolute Gasteiger partial charge is 0.101 e. The summed E-state index contributed by atoms with van der Waals surface area (Å²) in [6.45, 7) is 6.62. The van der Waals surface area contributed by atoms with Gasteiger partial charge in [0, 0.05) is 32.7 Å². The fourth-order valence-electron chi connectivity index (χ4n) is 3.22. The first-order valence-corrected chi connectivity index (χ1v) is 8.18. The van der Waals surface area contributed by atoms with Crippen LogP contribution in [-0.2, 0) is 6.54 Å². The predicted octanol–water partition coefficient (Wildman–Crippen LogP) is 3.06. The lowest BCUT2D eigenvalue weighted by Crippen LogP contribution is -2.46. The fraction of sp³-hybridized carbons (Fsp3) is 0.300. The Morgan fingerprint density at radius 2 is 1.50 bits per heavy atom. The van der Waals surface area contributed by atoms with Crippen LogP contribution in [0, 0.1) is 29.6 Å². The molecule has 0 amide bonds. The molecule has 4 nitrogen and oxygen atoms in total. The van der Waals surface area contributed by atoms with E-state index in [4.69, 9.17) is 0 Å². The monoisotopic (exact) mass is 316 g/mol. The van der Waals surface area contributed by atoms with Crippen LogP contribution in [-0.4, -0.2) is 31.1 Å². The van der Waals surface area contributed by atoms with E-state index in [1.165, 1.54) is 11.1 Å². The Morgan fingerprint density at radius 1 is 0.875 bits per heavy atom. The first-order valence-electron chi connectivity index (χ1n) is 8.18. The Bertz CT molecular complexity index is 773. The Balaban J connectivity index is 1.71. The molecule has 0 radical (unpaired) electrons. The van der Waals surface area contributed by atoms with E-state index >= 15 is 0 Å². The van der Waals surface area contributed by atoms with Crippen molar-refractivity contribution in [2.45, 2.75) is 13.5 Å². The minimum absolute atomic E-state index is 0.585. The van der Waals surface area contributed by atoms with Crippen LogP contribution in [0.3, 0.4) is 0 Å². The zero-order valence-electron chi connectivity index (χ0n) is 13.9. The highest BCUT2D eigenvalue weighted by atomic mass is 15.3. The largest absolute Gasteiger partial charge is 0.367 e. The van der Waals surface area contributed by atoms with Gasteiger partial charge in [-0.05, 0) is 30.2 Å². The van der Waals surface area contributed by atoms with E-state index in [-0.39, 0.29) is 0 Å². The van der Waals surface area contributed by atoms with Crippen molar-refractivity contribution in [3.8, 4) is 12.1 Å². The number of piperazine rings is 1. The number of anilines is 1. The van der Waals surface area contributed by atoms with Crippen molar-refractivity contribution in [1.29, 1.82) is 10.5 Å². The average Bonchev–Trinajstić information content (AvgIpc) is 2.63. The minimum Gasteiger partial charge on any atom is -0.367 e. The molecule has 120 valence electrons. The van der Waals surface area contributed by atoms with Crippen molar-refractivity contribution in [3.63, 3.8) is 0 Å². The molecule has 2 aromatic carbocycles. The predicted molar refractivity (Wildman–Crippen MR) is 94.5 cm³/mol. The summed E-state index contributed by atoms with van der Waals surface area (Å²) in [6.07, 6.45) is 0. The lowest BCUT2D eigenvalue weighted by Gasteiger charge is -2.37.